The van der Waals surface area contributed by atoms with Gasteiger partial charge in [0.05, 0.1) is 6.61 Å². The monoisotopic (exact) mass is 411 g/mol. The average Bonchev–Trinajstić information content (AvgIpc) is 2.74. The zero-order chi connectivity index (χ0) is 21.3. The Morgan fingerprint density at radius 3 is 1.21 bits per heavy atom. The van der Waals surface area contributed by atoms with Gasteiger partial charge in [0.1, 0.15) is 0 Å². The molecule has 0 saturated heterocycles. The molecule has 0 radical (unpaired) electrons. The molecule has 0 aliphatic carbocycles. The predicted octanol–water partition coefficient (Wildman–Crippen LogP) is 8.56. The van der Waals surface area contributed by atoms with Crippen molar-refractivity contribution in [1.82, 2.24) is 5.32 Å². The Morgan fingerprint density at radius 2 is 0.828 bits per heavy atom. The maximum absolute atomic E-state index is 9.58. The van der Waals surface area contributed by atoms with Crippen LogP contribution in [0.5, 0.6) is 0 Å². The highest BCUT2D eigenvalue weighted by molar-refractivity contribution is 4.65. The van der Waals surface area contributed by atoms with Crippen molar-refractivity contribution in [1.29, 1.82) is 0 Å². The molecule has 0 amide bonds. The lowest BCUT2D eigenvalue weighted by atomic mass is 10.0. The second kappa shape index (κ2) is 26.0. The predicted molar refractivity (Wildman–Crippen MR) is 132 cm³/mol. The molecule has 2 nitrogen and oxygen atoms in total. The lowest BCUT2D eigenvalue weighted by Crippen LogP contribution is -2.33. The van der Waals surface area contributed by atoms with E-state index in [1.807, 2.05) is 0 Å². The number of unbranched alkanes of at least 4 members (excludes halogenated alkanes) is 19. The van der Waals surface area contributed by atoms with Crippen LogP contribution in [0.3, 0.4) is 0 Å². The molecule has 0 aliphatic heterocycles. The van der Waals surface area contributed by atoms with Gasteiger partial charge in [0.15, 0.2) is 0 Å². The maximum atomic E-state index is 9.58. The van der Waals surface area contributed by atoms with Crippen molar-refractivity contribution in [3.05, 3.63) is 0 Å². The highest BCUT2D eigenvalue weighted by atomic mass is 16.3. The molecule has 0 heterocycles. The van der Waals surface area contributed by atoms with Gasteiger partial charge in [0.2, 0.25) is 0 Å². The summed E-state index contributed by atoms with van der Waals surface area (Å²) in [6.45, 7) is 5.95. The van der Waals surface area contributed by atoms with Crippen LogP contribution in [0.15, 0.2) is 0 Å². The van der Waals surface area contributed by atoms with E-state index in [9.17, 15) is 5.11 Å². The van der Waals surface area contributed by atoms with Crippen LogP contribution in [0.1, 0.15) is 155 Å². The molecule has 0 spiro atoms. The van der Waals surface area contributed by atoms with Gasteiger partial charge >= 0.3 is 0 Å². The molecular formula is C27H57NO. The summed E-state index contributed by atoms with van der Waals surface area (Å²) in [6.07, 6.45) is 30.4. The first-order valence-corrected chi connectivity index (χ1v) is 13.7. The summed E-state index contributed by atoms with van der Waals surface area (Å²) in [5.41, 5.74) is 0. The third-order valence-corrected chi connectivity index (χ3v) is 6.34. The molecule has 0 rings (SSSR count). The molecule has 2 N–H and O–H groups in total. The zero-order valence-electron chi connectivity index (χ0n) is 20.5. The summed E-state index contributed by atoms with van der Waals surface area (Å²) in [7, 11) is 0. The summed E-state index contributed by atoms with van der Waals surface area (Å²) < 4.78 is 0. The van der Waals surface area contributed by atoms with Gasteiger partial charge in [-0.15, -0.1) is 0 Å². The van der Waals surface area contributed by atoms with E-state index in [4.69, 9.17) is 0 Å². The molecule has 29 heavy (non-hydrogen) atoms. The highest BCUT2D eigenvalue weighted by Crippen LogP contribution is 2.13. The van der Waals surface area contributed by atoms with Crippen LogP contribution in [-0.4, -0.2) is 24.3 Å². The molecule has 2 heteroatoms. The van der Waals surface area contributed by atoms with Crippen LogP contribution in [0.25, 0.3) is 0 Å². The summed E-state index contributed by atoms with van der Waals surface area (Å²) >= 11 is 0. The van der Waals surface area contributed by atoms with Gasteiger partial charge in [0.25, 0.3) is 0 Å². The Labute approximate surface area is 185 Å². The van der Waals surface area contributed by atoms with Crippen LogP contribution in [0.2, 0.25) is 0 Å². The van der Waals surface area contributed by atoms with E-state index < -0.39 is 0 Å². The first-order chi connectivity index (χ1) is 14.3. The van der Waals surface area contributed by atoms with E-state index in [1.54, 1.807) is 0 Å². The van der Waals surface area contributed by atoms with Gasteiger partial charge in [-0.2, -0.15) is 0 Å². The third-order valence-electron chi connectivity index (χ3n) is 6.34. The Balaban J connectivity index is 3.26. The average molecular weight is 412 g/mol. The molecule has 0 aliphatic rings. The van der Waals surface area contributed by atoms with Gasteiger partial charge in [-0.3, -0.25) is 0 Å². The Bertz CT molecular complexity index is 282. The van der Waals surface area contributed by atoms with Gasteiger partial charge in [0, 0.05) is 6.04 Å². The number of hydrogen-bond acceptors (Lipinski definition) is 2. The first-order valence-electron chi connectivity index (χ1n) is 13.7. The van der Waals surface area contributed by atoms with Gasteiger partial charge in [-0.25, -0.2) is 0 Å². The standard InChI is InChI=1S/C27H57NO/c1-3-5-7-9-11-13-14-15-16-17-18-20-22-24-27(26-29)28-25-23-21-19-12-10-8-6-4-2/h27-29H,3-26H2,1-2H3. The third kappa shape index (κ3) is 24.1. The maximum Gasteiger partial charge on any atom is 0.0584 e. The van der Waals surface area contributed by atoms with Crippen LogP contribution < -0.4 is 5.32 Å². The quantitative estimate of drug-likeness (QED) is 0.147. The fourth-order valence-corrected chi connectivity index (χ4v) is 4.23. The van der Waals surface area contributed by atoms with E-state index in [-0.39, 0.29) is 0 Å². The van der Waals surface area contributed by atoms with Crippen molar-refractivity contribution in [3.63, 3.8) is 0 Å². The summed E-state index contributed by atoms with van der Waals surface area (Å²) in [6, 6.07) is 0.326. The number of aliphatic hydroxyl groups is 1. The molecule has 0 fully saturated rings. The van der Waals surface area contributed by atoms with Gasteiger partial charge < -0.3 is 10.4 Å². The van der Waals surface area contributed by atoms with Crippen LogP contribution in [0.4, 0.5) is 0 Å². The van der Waals surface area contributed by atoms with E-state index in [1.165, 1.54) is 135 Å². The van der Waals surface area contributed by atoms with Crippen molar-refractivity contribution in [3.8, 4) is 0 Å². The smallest absolute Gasteiger partial charge is 0.0584 e. The van der Waals surface area contributed by atoms with Crippen molar-refractivity contribution >= 4 is 0 Å². The molecule has 0 aromatic heterocycles. The number of nitrogens with one attached hydrogen (secondary N) is 1. The van der Waals surface area contributed by atoms with Gasteiger partial charge in [-0.1, -0.05) is 142 Å². The number of aliphatic hydroxyl groups excluding tert-OH is 1. The van der Waals surface area contributed by atoms with Gasteiger partial charge in [-0.05, 0) is 19.4 Å². The molecule has 0 saturated carbocycles. The molecule has 0 bridgehead atoms. The van der Waals surface area contributed by atoms with E-state index >= 15 is 0 Å². The second-order valence-corrected chi connectivity index (χ2v) is 9.34. The lowest BCUT2D eigenvalue weighted by molar-refractivity contribution is 0.232. The van der Waals surface area contributed by atoms with E-state index in [0.717, 1.165) is 13.0 Å². The van der Waals surface area contributed by atoms with Crippen LogP contribution in [-0.2, 0) is 0 Å². The van der Waals surface area contributed by atoms with Crippen molar-refractivity contribution in [2.24, 2.45) is 0 Å². The molecule has 0 aromatic carbocycles. The minimum absolute atomic E-state index is 0.301. The Morgan fingerprint density at radius 1 is 0.483 bits per heavy atom. The molecule has 1 atom stereocenters. The van der Waals surface area contributed by atoms with E-state index in [2.05, 4.69) is 19.2 Å². The Hall–Kier alpha value is -0.0800. The fraction of sp³-hybridized carbons (Fsp3) is 1.00. The summed E-state index contributed by atoms with van der Waals surface area (Å²) in [5.74, 6) is 0. The summed E-state index contributed by atoms with van der Waals surface area (Å²) in [4.78, 5) is 0. The molecular weight excluding hydrogens is 354 g/mol. The van der Waals surface area contributed by atoms with Crippen molar-refractivity contribution < 1.29 is 5.11 Å². The lowest BCUT2D eigenvalue weighted by Gasteiger charge is -2.16. The molecule has 1 unspecified atom stereocenters. The van der Waals surface area contributed by atoms with Crippen LogP contribution in [0, 0.1) is 0 Å². The normalized spacial score (nSPS) is 12.5. The SMILES string of the molecule is CCCCCCCCCCCCCCCC(CO)NCCCCCCCCCC. The van der Waals surface area contributed by atoms with Crippen molar-refractivity contribution in [2.45, 2.75) is 161 Å². The number of hydrogen-bond donors (Lipinski definition) is 2. The minimum Gasteiger partial charge on any atom is -0.395 e. The number of rotatable bonds is 25. The van der Waals surface area contributed by atoms with Crippen LogP contribution >= 0.6 is 0 Å². The first kappa shape index (κ1) is 28.9. The minimum atomic E-state index is 0.301. The topological polar surface area (TPSA) is 32.3 Å². The van der Waals surface area contributed by atoms with E-state index in [0.29, 0.717) is 12.6 Å². The zero-order valence-corrected chi connectivity index (χ0v) is 20.5. The Kier molecular flexibility index (Phi) is 25.9. The largest absolute Gasteiger partial charge is 0.395 e. The molecule has 176 valence electrons. The second-order valence-electron chi connectivity index (χ2n) is 9.34. The fourth-order valence-electron chi connectivity index (χ4n) is 4.23. The van der Waals surface area contributed by atoms with Crippen molar-refractivity contribution in [2.75, 3.05) is 13.2 Å². The summed E-state index contributed by atoms with van der Waals surface area (Å²) in [5, 5.41) is 13.2. The highest BCUT2D eigenvalue weighted by Gasteiger charge is 2.05. The molecule has 0 aromatic rings.